The summed E-state index contributed by atoms with van der Waals surface area (Å²) in [7, 11) is 0. The van der Waals surface area contributed by atoms with Crippen LogP contribution in [-0.4, -0.2) is 21.2 Å². The number of carboxylic acids is 1. The highest BCUT2D eigenvalue weighted by Crippen LogP contribution is 2.32. The number of H-pyrrole nitrogens is 1. The third-order valence-corrected chi connectivity index (χ3v) is 2.50. The molecule has 1 aromatic heterocycles. The van der Waals surface area contributed by atoms with E-state index in [1.807, 2.05) is 0 Å². The summed E-state index contributed by atoms with van der Waals surface area (Å²) in [6.07, 6.45) is -6.25. The Morgan fingerprint density at radius 1 is 1.28 bits per heavy atom. The standard InChI is InChI=1S/C11H8F3NO3/c12-11(13,14)6-2-1-5-3-8(9(16)10(17)18)15-7(5)4-6/h1-4,9,15-16H,(H,17,18). The Labute approximate surface area is 98.7 Å². The second-order valence-electron chi connectivity index (χ2n) is 3.77. The average Bonchev–Trinajstić information content (AvgIpc) is 2.68. The van der Waals surface area contributed by atoms with Gasteiger partial charge in [-0.1, -0.05) is 6.07 Å². The fourth-order valence-electron chi connectivity index (χ4n) is 1.61. The number of nitrogens with one attached hydrogen (secondary N) is 1. The Kier molecular flexibility index (Phi) is 2.78. The number of aromatic amines is 1. The molecule has 1 unspecified atom stereocenters. The highest BCUT2D eigenvalue weighted by Gasteiger charge is 2.30. The second-order valence-corrected chi connectivity index (χ2v) is 3.77. The van der Waals surface area contributed by atoms with Crippen molar-refractivity contribution in [3.8, 4) is 0 Å². The van der Waals surface area contributed by atoms with Gasteiger partial charge in [0.1, 0.15) is 0 Å². The lowest BCUT2D eigenvalue weighted by atomic mass is 10.1. The fraction of sp³-hybridized carbons (Fsp3) is 0.182. The number of aliphatic carboxylic acids is 1. The van der Waals surface area contributed by atoms with Gasteiger partial charge in [0.05, 0.1) is 11.3 Å². The maximum Gasteiger partial charge on any atom is 0.416 e. The van der Waals surface area contributed by atoms with Crippen LogP contribution in [0.15, 0.2) is 24.3 Å². The summed E-state index contributed by atoms with van der Waals surface area (Å²) in [4.78, 5) is 13.0. The third kappa shape index (κ3) is 2.17. The maximum atomic E-state index is 12.5. The molecule has 3 N–H and O–H groups in total. The summed E-state index contributed by atoms with van der Waals surface area (Å²) in [5.74, 6) is -1.47. The zero-order valence-corrected chi connectivity index (χ0v) is 8.82. The van der Waals surface area contributed by atoms with Crippen LogP contribution in [0.2, 0.25) is 0 Å². The molecular formula is C11H8F3NO3. The number of benzene rings is 1. The minimum Gasteiger partial charge on any atom is -0.479 e. The molecule has 0 amide bonds. The smallest absolute Gasteiger partial charge is 0.416 e. The van der Waals surface area contributed by atoms with Crippen molar-refractivity contribution >= 4 is 16.9 Å². The van der Waals surface area contributed by atoms with E-state index in [0.29, 0.717) is 5.39 Å². The Hall–Kier alpha value is -2.02. The van der Waals surface area contributed by atoms with Crippen LogP contribution in [0.25, 0.3) is 10.9 Å². The summed E-state index contributed by atoms with van der Waals surface area (Å²) >= 11 is 0. The van der Waals surface area contributed by atoms with Crippen molar-refractivity contribution < 1.29 is 28.2 Å². The number of alkyl halides is 3. The molecule has 0 saturated heterocycles. The predicted molar refractivity (Wildman–Crippen MR) is 55.9 cm³/mol. The normalized spacial score (nSPS) is 13.8. The van der Waals surface area contributed by atoms with Gasteiger partial charge in [0.25, 0.3) is 0 Å². The Balaban J connectivity index is 2.49. The number of carboxylic acid groups (broad SMARTS) is 1. The molecule has 0 aliphatic carbocycles. The molecule has 2 rings (SSSR count). The van der Waals surface area contributed by atoms with E-state index in [0.717, 1.165) is 12.1 Å². The van der Waals surface area contributed by atoms with Crippen molar-refractivity contribution in [3.05, 3.63) is 35.5 Å². The minimum atomic E-state index is -4.47. The van der Waals surface area contributed by atoms with Crippen molar-refractivity contribution in [2.45, 2.75) is 12.3 Å². The van der Waals surface area contributed by atoms with E-state index >= 15 is 0 Å². The fourth-order valence-corrected chi connectivity index (χ4v) is 1.61. The Bertz CT molecular complexity index is 603. The number of fused-ring (bicyclic) bond motifs is 1. The van der Waals surface area contributed by atoms with Gasteiger partial charge in [-0.3, -0.25) is 0 Å². The topological polar surface area (TPSA) is 73.3 Å². The zero-order chi connectivity index (χ0) is 13.5. The van der Waals surface area contributed by atoms with Gasteiger partial charge in [-0.25, -0.2) is 4.79 Å². The van der Waals surface area contributed by atoms with Crippen LogP contribution in [0, 0.1) is 0 Å². The van der Waals surface area contributed by atoms with Crippen LogP contribution in [-0.2, 0) is 11.0 Å². The van der Waals surface area contributed by atoms with Gasteiger partial charge in [-0.05, 0) is 23.6 Å². The van der Waals surface area contributed by atoms with Crippen molar-refractivity contribution in [1.29, 1.82) is 0 Å². The van der Waals surface area contributed by atoms with Gasteiger partial charge in [-0.2, -0.15) is 13.2 Å². The van der Waals surface area contributed by atoms with Crippen LogP contribution in [0.4, 0.5) is 13.2 Å². The Morgan fingerprint density at radius 2 is 1.94 bits per heavy atom. The highest BCUT2D eigenvalue weighted by molar-refractivity contribution is 5.83. The van der Waals surface area contributed by atoms with Gasteiger partial charge >= 0.3 is 12.1 Å². The largest absolute Gasteiger partial charge is 0.479 e. The molecule has 1 heterocycles. The lowest BCUT2D eigenvalue weighted by Gasteiger charge is -2.05. The monoisotopic (exact) mass is 259 g/mol. The van der Waals surface area contributed by atoms with E-state index in [2.05, 4.69) is 4.98 Å². The molecule has 0 bridgehead atoms. The second kappa shape index (κ2) is 4.02. The molecule has 96 valence electrons. The third-order valence-electron chi connectivity index (χ3n) is 2.50. The molecule has 0 spiro atoms. The molecule has 0 aliphatic rings. The van der Waals surface area contributed by atoms with E-state index < -0.39 is 23.8 Å². The van der Waals surface area contributed by atoms with E-state index in [1.165, 1.54) is 12.1 Å². The van der Waals surface area contributed by atoms with E-state index in [-0.39, 0.29) is 11.2 Å². The molecule has 0 aliphatic heterocycles. The van der Waals surface area contributed by atoms with Gasteiger partial charge in [0, 0.05) is 5.52 Å². The quantitative estimate of drug-likeness (QED) is 0.774. The van der Waals surface area contributed by atoms with E-state index in [4.69, 9.17) is 5.11 Å². The van der Waals surface area contributed by atoms with Gasteiger partial charge in [-0.15, -0.1) is 0 Å². The van der Waals surface area contributed by atoms with Gasteiger partial charge < -0.3 is 15.2 Å². The molecular weight excluding hydrogens is 251 g/mol. The first-order chi connectivity index (χ1) is 8.29. The first-order valence-electron chi connectivity index (χ1n) is 4.90. The van der Waals surface area contributed by atoms with E-state index in [9.17, 15) is 23.1 Å². The molecule has 18 heavy (non-hydrogen) atoms. The highest BCUT2D eigenvalue weighted by atomic mass is 19.4. The summed E-state index contributed by atoms with van der Waals surface area (Å²) in [6, 6.07) is 4.28. The number of aliphatic hydroxyl groups is 1. The molecule has 1 atom stereocenters. The molecule has 0 fully saturated rings. The van der Waals surface area contributed by atoms with Crippen LogP contribution >= 0.6 is 0 Å². The summed E-state index contributed by atoms with van der Waals surface area (Å²) < 4.78 is 37.4. The van der Waals surface area contributed by atoms with E-state index in [1.54, 1.807) is 0 Å². The number of hydrogen-bond acceptors (Lipinski definition) is 2. The number of carbonyl (C=O) groups is 1. The van der Waals surface area contributed by atoms with Crippen LogP contribution in [0.5, 0.6) is 0 Å². The zero-order valence-electron chi connectivity index (χ0n) is 8.82. The van der Waals surface area contributed by atoms with Crippen LogP contribution in [0.1, 0.15) is 17.4 Å². The minimum absolute atomic E-state index is 0.0585. The summed E-state index contributed by atoms with van der Waals surface area (Å²) in [5, 5.41) is 18.3. The number of hydrogen-bond donors (Lipinski definition) is 3. The first kappa shape index (κ1) is 12.4. The van der Waals surface area contributed by atoms with Crippen molar-refractivity contribution in [2.24, 2.45) is 0 Å². The van der Waals surface area contributed by atoms with Crippen LogP contribution < -0.4 is 0 Å². The van der Waals surface area contributed by atoms with Gasteiger partial charge in [0.2, 0.25) is 0 Å². The Morgan fingerprint density at radius 3 is 2.50 bits per heavy atom. The first-order valence-corrected chi connectivity index (χ1v) is 4.90. The summed E-state index contributed by atoms with van der Waals surface area (Å²) in [6.45, 7) is 0. The molecule has 2 aromatic rings. The van der Waals surface area contributed by atoms with Crippen LogP contribution in [0.3, 0.4) is 0 Å². The van der Waals surface area contributed by atoms with Crippen molar-refractivity contribution in [2.75, 3.05) is 0 Å². The number of halogens is 3. The SMILES string of the molecule is O=C(O)C(O)c1cc2ccc(C(F)(F)F)cc2[nH]1. The molecule has 0 saturated carbocycles. The number of aliphatic hydroxyl groups excluding tert-OH is 1. The molecule has 7 heteroatoms. The molecule has 0 radical (unpaired) electrons. The summed E-state index contributed by atoms with van der Waals surface area (Å²) in [5.41, 5.74) is -0.773. The lowest BCUT2D eigenvalue weighted by molar-refractivity contribution is -0.147. The number of rotatable bonds is 2. The average molecular weight is 259 g/mol. The molecule has 1 aromatic carbocycles. The lowest BCUT2D eigenvalue weighted by Crippen LogP contribution is -2.10. The number of aromatic nitrogens is 1. The predicted octanol–water partition coefficient (Wildman–Crippen LogP) is 2.30. The molecule has 4 nitrogen and oxygen atoms in total. The van der Waals surface area contributed by atoms with Crippen molar-refractivity contribution in [1.82, 2.24) is 4.98 Å². The van der Waals surface area contributed by atoms with Gasteiger partial charge in [0.15, 0.2) is 6.10 Å². The van der Waals surface area contributed by atoms with Crippen molar-refractivity contribution in [3.63, 3.8) is 0 Å². The maximum absolute atomic E-state index is 12.5.